The second-order valence-corrected chi connectivity index (χ2v) is 7.05. The summed E-state index contributed by atoms with van der Waals surface area (Å²) in [5, 5.41) is 3.63. The molecule has 3 rings (SSSR count). The van der Waals surface area contributed by atoms with Gasteiger partial charge in [-0.25, -0.2) is 0 Å². The van der Waals surface area contributed by atoms with Gasteiger partial charge in [-0.1, -0.05) is 44.2 Å². The molecule has 3 atom stereocenters. The summed E-state index contributed by atoms with van der Waals surface area (Å²) in [6, 6.07) is 11.6. The van der Waals surface area contributed by atoms with Crippen LogP contribution in [0.1, 0.15) is 38.2 Å². The fourth-order valence-corrected chi connectivity index (χ4v) is 4.11. The van der Waals surface area contributed by atoms with Gasteiger partial charge >= 0.3 is 0 Å². The van der Waals surface area contributed by atoms with Crippen LogP contribution in [0.25, 0.3) is 0 Å². The SMILES string of the molecule is CCN(CC)C1CCN(C(=NC)NCC2CC2c2ccccc2)C1. The van der Waals surface area contributed by atoms with Crippen LogP contribution >= 0.6 is 0 Å². The second kappa shape index (κ2) is 8.02. The van der Waals surface area contributed by atoms with Crippen LogP contribution in [0.4, 0.5) is 0 Å². The van der Waals surface area contributed by atoms with E-state index in [-0.39, 0.29) is 0 Å². The topological polar surface area (TPSA) is 30.9 Å². The lowest BCUT2D eigenvalue weighted by atomic mass is 10.1. The molecule has 2 aliphatic rings. The first-order valence-corrected chi connectivity index (χ1v) is 9.51. The number of hydrogen-bond donors (Lipinski definition) is 1. The van der Waals surface area contributed by atoms with Crippen molar-refractivity contribution >= 4 is 5.96 Å². The predicted molar refractivity (Wildman–Crippen MR) is 102 cm³/mol. The molecular weight excluding hydrogens is 296 g/mol. The number of benzene rings is 1. The first-order chi connectivity index (χ1) is 11.8. The average molecular weight is 329 g/mol. The number of nitrogens with one attached hydrogen (secondary N) is 1. The summed E-state index contributed by atoms with van der Waals surface area (Å²) in [5.41, 5.74) is 1.49. The largest absolute Gasteiger partial charge is 0.356 e. The van der Waals surface area contributed by atoms with Crippen molar-refractivity contribution in [3.8, 4) is 0 Å². The molecule has 3 unspecified atom stereocenters. The molecule has 0 amide bonds. The molecule has 2 fully saturated rings. The van der Waals surface area contributed by atoms with Crippen molar-refractivity contribution in [2.45, 2.75) is 38.6 Å². The third-order valence-electron chi connectivity index (χ3n) is 5.68. The molecule has 1 aliphatic heterocycles. The van der Waals surface area contributed by atoms with Crippen molar-refractivity contribution in [3.63, 3.8) is 0 Å². The molecule has 132 valence electrons. The summed E-state index contributed by atoms with van der Waals surface area (Å²) in [6.45, 7) is 10.1. The van der Waals surface area contributed by atoms with Crippen LogP contribution in [0, 0.1) is 5.92 Å². The summed E-state index contributed by atoms with van der Waals surface area (Å²) in [5.74, 6) is 2.58. The molecule has 24 heavy (non-hydrogen) atoms. The van der Waals surface area contributed by atoms with Crippen LogP contribution in [0.15, 0.2) is 35.3 Å². The molecule has 0 bridgehead atoms. The Bertz CT molecular complexity index is 538. The van der Waals surface area contributed by atoms with Crippen molar-refractivity contribution in [1.82, 2.24) is 15.1 Å². The molecule has 0 spiro atoms. The number of likely N-dealkylation sites (tertiary alicyclic amines) is 1. The minimum atomic E-state index is 0.677. The van der Waals surface area contributed by atoms with Crippen LogP contribution in [-0.2, 0) is 0 Å². The molecule has 1 N–H and O–H groups in total. The standard InChI is InChI=1S/C20H32N4/c1-4-23(5-2)18-11-12-24(15-18)20(21-3)22-14-17-13-19(17)16-9-7-6-8-10-16/h6-10,17-19H,4-5,11-15H2,1-3H3,(H,21,22). The number of likely N-dealkylation sites (N-methyl/N-ethyl adjacent to an activating group) is 1. The van der Waals surface area contributed by atoms with E-state index >= 15 is 0 Å². The molecule has 0 radical (unpaired) electrons. The van der Waals surface area contributed by atoms with Gasteiger partial charge in [0.1, 0.15) is 0 Å². The van der Waals surface area contributed by atoms with Gasteiger partial charge in [0.05, 0.1) is 0 Å². The quantitative estimate of drug-likeness (QED) is 0.643. The Balaban J connectivity index is 1.47. The van der Waals surface area contributed by atoms with E-state index in [9.17, 15) is 0 Å². The van der Waals surface area contributed by atoms with Crippen molar-refractivity contribution < 1.29 is 0 Å². The van der Waals surface area contributed by atoms with E-state index in [0.717, 1.165) is 50.5 Å². The lowest BCUT2D eigenvalue weighted by molar-refractivity contribution is 0.223. The Morgan fingerprint density at radius 2 is 2.00 bits per heavy atom. The van der Waals surface area contributed by atoms with E-state index in [0.29, 0.717) is 6.04 Å². The van der Waals surface area contributed by atoms with E-state index < -0.39 is 0 Å². The lowest BCUT2D eigenvalue weighted by Crippen LogP contribution is -2.43. The molecule has 1 aliphatic carbocycles. The fraction of sp³-hybridized carbons (Fsp3) is 0.650. The molecule has 1 aromatic rings. The van der Waals surface area contributed by atoms with E-state index in [1.165, 1.54) is 18.4 Å². The predicted octanol–water partition coefficient (Wildman–Crippen LogP) is 2.78. The zero-order valence-corrected chi connectivity index (χ0v) is 15.4. The van der Waals surface area contributed by atoms with Gasteiger partial charge in [-0.2, -0.15) is 0 Å². The number of rotatable bonds is 6. The Hall–Kier alpha value is -1.55. The van der Waals surface area contributed by atoms with E-state index in [1.54, 1.807) is 0 Å². The summed E-state index contributed by atoms with van der Waals surface area (Å²) in [6.07, 6.45) is 2.55. The van der Waals surface area contributed by atoms with Crippen molar-refractivity contribution in [2.24, 2.45) is 10.9 Å². The second-order valence-electron chi connectivity index (χ2n) is 7.05. The van der Waals surface area contributed by atoms with Gasteiger partial charge in [-0.15, -0.1) is 0 Å². The van der Waals surface area contributed by atoms with Crippen molar-refractivity contribution in [2.75, 3.05) is 39.8 Å². The maximum Gasteiger partial charge on any atom is 0.193 e. The highest BCUT2D eigenvalue weighted by Gasteiger charge is 2.38. The first-order valence-electron chi connectivity index (χ1n) is 9.51. The third kappa shape index (κ3) is 3.92. The zero-order valence-electron chi connectivity index (χ0n) is 15.4. The fourth-order valence-electron chi connectivity index (χ4n) is 4.11. The minimum absolute atomic E-state index is 0.677. The summed E-state index contributed by atoms with van der Waals surface area (Å²) in [4.78, 5) is 9.53. The maximum absolute atomic E-state index is 4.53. The number of nitrogens with zero attached hydrogens (tertiary/aromatic N) is 3. The zero-order chi connectivity index (χ0) is 16.9. The van der Waals surface area contributed by atoms with E-state index in [1.807, 2.05) is 7.05 Å². The molecule has 1 heterocycles. The smallest absolute Gasteiger partial charge is 0.193 e. The Labute approximate surface area is 146 Å². The summed E-state index contributed by atoms with van der Waals surface area (Å²) >= 11 is 0. The van der Waals surface area contributed by atoms with Gasteiger partial charge in [0.15, 0.2) is 5.96 Å². The number of aliphatic imine (C=N–C) groups is 1. The van der Waals surface area contributed by atoms with Crippen LogP contribution in [0.2, 0.25) is 0 Å². The van der Waals surface area contributed by atoms with Gasteiger partial charge in [-0.3, -0.25) is 9.89 Å². The molecule has 1 aromatic carbocycles. The van der Waals surface area contributed by atoms with E-state index in [2.05, 4.69) is 64.3 Å². The van der Waals surface area contributed by atoms with Crippen molar-refractivity contribution in [1.29, 1.82) is 0 Å². The maximum atomic E-state index is 4.53. The Morgan fingerprint density at radius 1 is 1.25 bits per heavy atom. The molecular formula is C20H32N4. The third-order valence-corrected chi connectivity index (χ3v) is 5.68. The minimum Gasteiger partial charge on any atom is -0.356 e. The summed E-state index contributed by atoms with van der Waals surface area (Å²) in [7, 11) is 1.91. The van der Waals surface area contributed by atoms with Crippen LogP contribution < -0.4 is 5.32 Å². The van der Waals surface area contributed by atoms with E-state index in [4.69, 9.17) is 0 Å². The Kier molecular flexibility index (Phi) is 5.77. The highest BCUT2D eigenvalue weighted by atomic mass is 15.3. The van der Waals surface area contributed by atoms with Crippen LogP contribution in [-0.4, -0.2) is 61.6 Å². The molecule has 1 saturated carbocycles. The normalized spacial score (nSPS) is 26.9. The molecule has 4 nitrogen and oxygen atoms in total. The monoisotopic (exact) mass is 328 g/mol. The number of guanidine groups is 1. The first kappa shape index (κ1) is 17.3. The van der Waals surface area contributed by atoms with Gasteiger partial charge in [0, 0.05) is 32.7 Å². The summed E-state index contributed by atoms with van der Waals surface area (Å²) < 4.78 is 0. The lowest BCUT2D eigenvalue weighted by Gasteiger charge is -2.27. The van der Waals surface area contributed by atoms with Gasteiger partial charge in [0.2, 0.25) is 0 Å². The Morgan fingerprint density at radius 3 is 2.67 bits per heavy atom. The molecule has 4 heteroatoms. The van der Waals surface area contributed by atoms with Crippen LogP contribution in [0.3, 0.4) is 0 Å². The highest BCUT2D eigenvalue weighted by Crippen LogP contribution is 2.46. The van der Waals surface area contributed by atoms with Gasteiger partial charge in [-0.05, 0) is 43.3 Å². The highest BCUT2D eigenvalue weighted by molar-refractivity contribution is 5.80. The van der Waals surface area contributed by atoms with Crippen molar-refractivity contribution in [3.05, 3.63) is 35.9 Å². The van der Waals surface area contributed by atoms with Gasteiger partial charge < -0.3 is 10.2 Å². The average Bonchev–Trinajstić information content (AvgIpc) is 3.25. The van der Waals surface area contributed by atoms with Crippen LogP contribution in [0.5, 0.6) is 0 Å². The molecule has 0 aromatic heterocycles. The van der Waals surface area contributed by atoms with Gasteiger partial charge in [0.25, 0.3) is 0 Å². The molecule has 1 saturated heterocycles. The number of hydrogen-bond acceptors (Lipinski definition) is 2.